The summed E-state index contributed by atoms with van der Waals surface area (Å²) in [6.45, 7) is 0.884. The predicted molar refractivity (Wildman–Crippen MR) is 93.1 cm³/mol. The topological polar surface area (TPSA) is 68.0 Å². The first-order valence-corrected chi connectivity index (χ1v) is 8.21. The highest BCUT2D eigenvalue weighted by atomic mass is 32.1. The summed E-state index contributed by atoms with van der Waals surface area (Å²) in [5.41, 5.74) is 9.29. The second kappa shape index (κ2) is 7.17. The van der Waals surface area contributed by atoms with E-state index < -0.39 is 0 Å². The van der Waals surface area contributed by atoms with E-state index in [9.17, 15) is 4.79 Å². The molecule has 0 saturated heterocycles. The Balaban J connectivity index is 1.75. The zero-order valence-electron chi connectivity index (χ0n) is 12.5. The van der Waals surface area contributed by atoms with Gasteiger partial charge in [0.25, 0.3) is 5.91 Å². The van der Waals surface area contributed by atoms with Crippen molar-refractivity contribution in [2.24, 2.45) is 5.73 Å². The lowest BCUT2D eigenvalue weighted by molar-refractivity contribution is 0.0951. The van der Waals surface area contributed by atoms with Crippen molar-refractivity contribution >= 4 is 17.2 Å². The Morgan fingerprint density at radius 1 is 1.17 bits per heavy atom. The average Bonchev–Trinajstić information content (AvgIpc) is 3.14. The summed E-state index contributed by atoms with van der Waals surface area (Å²) in [4.78, 5) is 16.7. The van der Waals surface area contributed by atoms with Crippen molar-refractivity contribution in [3.8, 4) is 10.6 Å². The number of carbonyl (C=O) groups is 1. The van der Waals surface area contributed by atoms with Crippen LogP contribution in [0.1, 0.15) is 21.5 Å². The minimum atomic E-state index is -0.103. The monoisotopic (exact) mass is 323 g/mol. The molecule has 0 aliphatic carbocycles. The van der Waals surface area contributed by atoms with Crippen molar-refractivity contribution in [1.82, 2.24) is 10.3 Å². The molecule has 4 nitrogen and oxygen atoms in total. The molecule has 116 valence electrons. The van der Waals surface area contributed by atoms with Gasteiger partial charge < -0.3 is 11.1 Å². The largest absolute Gasteiger partial charge is 0.348 e. The molecular formula is C18H17N3OS. The number of rotatable bonds is 5. The van der Waals surface area contributed by atoms with Crippen LogP contribution in [-0.2, 0) is 13.1 Å². The van der Waals surface area contributed by atoms with Gasteiger partial charge in [-0.1, -0.05) is 36.4 Å². The molecule has 0 bridgehead atoms. The summed E-state index contributed by atoms with van der Waals surface area (Å²) >= 11 is 1.59. The van der Waals surface area contributed by atoms with Gasteiger partial charge in [0.1, 0.15) is 5.01 Å². The van der Waals surface area contributed by atoms with Crippen LogP contribution in [0.3, 0.4) is 0 Å². The molecule has 0 radical (unpaired) electrons. The van der Waals surface area contributed by atoms with Gasteiger partial charge in [-0.3, -0.25) is 4.79 Å². The normalized spacial score (nSPS) is 10.5. The van der Waals surface area contributed by atoms with Crippen molar-refractivity contribution in [1.29, 1.82) is 0 Å². The van der Waals surface area contributed by atoms with Gasteiger partial charge in [-0.15, -0.1) is 11.3 Å². The smallest absolute Gasteiger partial charge is 0.251 e. The fraction of sp³-hybridized carbons (Fsp3) is 0.111. The molecule has 0 fully saturated rings. The van der Waals surface area contributed by atoms with E-state index >= 15 is 0 Å². The fourth-order valence-electron chi connectivity index (χ4n) is 2.36. The van der Waals surface area contributed by atoms with Crippen LogP contribution in [-0.4, -0.2) is 10.9 Å². The minimum absolute atomic E-state index is 0.103. The number of nitrogens with zero attached hydrogens (tertiary/aromatic N) is 1. The van der Waals surface area contributed by atoms with Crippen LogP contribution in [0.15, 0.2) is 60.1 Å². The van der Waals surface area contributed by atoms with Crippen LogP contribution in [0, 0.1) is 0 Å². The van der Waals surface area contributed by atoms with E-state index in [1.54, 1.807) is 23.6 Å². The third-order valence-electron chi connectivity index (χ3n) is 3.54. The molecule has 0 saturated carbocycles. The zero-order chi connectivity index (χ0) is 16.1. The number of hydrogen-bond acceptors (Lipinski definition) is 4. The molecule has 2 aromatic carbocycles. The molecule has 3 N–H and O–H groups in total. The van der Waals surface area contributed by atoms with E-state index in [1.807, 2.05) is 47.8 Å². The molecule has 5 heteroatoms. The SMILES string of the molecule is NCc1cccc(C(=O)NCc2ccccc2-c2nccs2)c1. The van der Waals surface area contributed by atoms with Gasteiger partial charge >= 0.3 is 0 Å². The highest BCUT2D eigenvalue weighted by Gasteiger charge is 2.10. The van der Waals surface area contributed by atoms with Crippen LogP contribution in [0.4, 0.5) is 0 Å². The van der Waals surface area contributed by atoms with Gasteiger partial charge in [-0.05, 0) is 23.3 Å². The highest BCUT2D eigenvalue weighted by molar-refractivity contribution is 7.13. The molecule has 1 aromatic heterocycles. The van der Waals surface area contributed by atoms with Gasteiger partial charge in [-0.25, -0.2) is 4.98 Å². The quantitative estimate of drug-likeness (QED) is 0.757. The molecule has 23 heavy (non-hydrogen) atoms. The van der Waals surface area contributed by atoms with Gasteiger partial charge in [0, 0.05) is 35.8 Å². The van der Waals surface area contributed by atoms with E-state index in [0.29, 0.717) is 18.7 Å². The number of carbonyl (C=O) groups excluding carboxylic acids is 1. The molecule has 0 atom stereocenters. The molecule has 0 aliphatic rings. The van der Waals surface area contributed by atoms with Crippen molar-refractivity contribution in [2.45, 2.75) is 13.1 Å². The van der Waals surface area contributed by atoms with Gasteiger partial charge in [0.05, 0.1) is 0 Å². The molecule has 3 rings (SSSR count). The van der Waals surface area contributed by atoms with Crippen LogP contribution in [0.5, 0.6) is 0 Å². The first-order chi connectivity index (χ1) is 11.3. The first-order valence-electron chi connectivity index (χ1n) is 7.33. The Labute approximate surface area is 139 Å². The maximum Gasteiger partial charge on any atom is 0.251 e. The highest BCUT2D eigenvalue weighted by Crippen LogP contribution is 2.25. The lowest BCUT2D eigenvalue weighted by Crippen LogP contribution is -2.23. The Morgan fingerprint density at radius 2 is 2.04 bits per heavy atom. The van der Waals surface area contributed by atoms with Crippen molar-refractivity contribution in [3.63, 3.8) is 0 Å². The fourth-order valence-corrected chi connectivity index (χ4v) is 3.06. The molecular weight excluding hydrogens is 306 g/mol. The summed E-state index contributed by atoms with van der Waals surface area (Å²) < 4.78 is 0. The van der Waals surface area contributed by atoms with E-state index in [4.69, 9.17) is 5.73 Å². The molecule has 0 spiro atoms. The van der Waals surface area contributed by atoms with Gasteiger partial charge in [-0.2, -0.15) is 0 Å². The summed E-state index contributed by atoms with van der Waals surface area (Å²) in [6.07, 6.45) is 1.79. The number of hydrogen-bond donors (Lipinski definition) is 2. The van der Waals surface area contributed by atoms with Crippen LogP contribution in [0.2, 0.25) is 0 Å². The second-order valence-electron chi connectivity index (χ2n) is 5.08. The van der Waals surface area contributed by atoms with Crippen molar-refractivity contribution in [3.05, 3.63) is 76.8 Å². The lowest BCUT2D eigenvalue weighted by atomic mass is 10.1. The van der Waals surface area contributed by atoms with E-state index in [2.05, 4.69) is 10.3 Å². The number of nitrogens with two attached hydrogens (primary N) is 1. The second-order valence-corrected chi connectivity index (χ2v) is 5.98. The van der Waals surface area contributed by atoms with Gasteiger partial charge in [0.15, 0.2) is 0 Å². The maximum absolute atomic E-state index is 12.3. The molecule has 3 aromatic rings. The minimum Gasteiger partial charge on any atom is -0.348 e. The Hall–Kier alpha value is -2.50. The predicted octanol–water partition coefficient (Wildman–Crippen LogP) is 3.20. The lowest BCUT2D eigenvalue weighted by Gasteiger charge is -2.09. The maximum atomic E-state index is 12.3. The van der Waals surface area contributed by atoms with Gasteiger partial charge in [0.2, 0.25) is 0 Å². The number of thiazole rings is 1. The zero-order valence-corrected chi connectivity index (χ0v) is 13.3. The van der Waals surface area contributed by atoms with Crippen molar-refractivity contribution < 1.29 is 4.79 Å². The number of benzene rings is 2. The average molecular weight is 323 g/mol. The standard InChI is InChI=1S/C18H17N3OS/c19-11-13-4-3-6-14(10-13)17(22)21-12-15-5-1-2-7-16(15)18-20-8-9-23-18/h1-10H,11-12,19H2,(H,21,22). The van der Waals surface area contributed by atoms with E-state index in [0.717, 1.165) is 21.7 Å². The van der Waals surface area contributed by atoms with Crippen LogP contribution in [0.25, 0.3) is 10.6 Å². The van der Waals surface area contributed by atoms with Crippen molar-refractivity contribution in [2.75, 3.05) is 0 Å². The summed E-state index contributed by atoms with van der Waals surface area (Å²) in [5, 5.41) is 5.87. The van der Waals surface area contributed by atoms with Crippen LogP contribution < -0.4 is 11.1 Å². The molecule has 1 amide bonds. The number of aromatic nitrogens is 1. The third-order valence-corrected chi connectivity index (χ3v) is 4.35. The molecule has 0 aliphatic heterocycles. The first kappa shape index (κ1) is 15.4. The Bertz CT molecular complexity index is 800. The van der Waals surface area contributed by atoms with Crippen LogP contribution >= 0.6 is 11.3 Å². The summed E-state index contributed by atoms with van der Waals surface area (Å²) in [6, 6.07) is 15.3. The Kier molecular flexibility index (Phi) is 4.80. The summed E-state index contributed by atoms with van der Waals surface area (Å²) in [7, 11) is 0. The molecule has 0 unspecified atom stereocenters. The number of nitrogens with one attached hydrogen (secondary N) is 1. The third kappa shape index (κ3) is 3.64. The number of amides is 1. The molecule has 1 heterocycles. The Morgan fingerprint density at radius 3 is 2.83 bits per heavy atom. The van der Waals surface area contributed by atoms with E-state index in [-0.39, 0.29) is 5.91 Å². The van der Waals surface area contributed by atoms with E-state index in [1.165, 1.54) is 0 Å². The summed E-state index contributed by atoms with van der Waals surface area (Å²) in [5.74, 6) is -0.103.